The zero-order valence-corrected chi connectivity index (χ0v) is 12.2. The van der Waals surface area contributed by atoms with Crippen molar-refractivity contribution in [3.8, 4) is 0 Å². The quantitative estimate of drug-likeness (QED) is 0.651. The summed E-state index contributed by atoms with van der Waals surface area (Å²) in [6.45, 7) is 1.89. The summed E-state index contributed by atoms with van der Waals surface area (Å²) in [7, 11) is 0. The molecule has 0 radical (unpaired) electrons. The lowest BCUT2D eigenvalue weighted by Crippen LogP contribution is -2.07. The molecule has 2 aromatic carbocycles. The first kappa shape index (κ1) is 14.5. The van der Waals surface area contributed by atoms with E-state index < -0.39 is 4.92 Å². The van der Waals surface area contributed by atoms with E-state index in [1.807, 2.05) is 13.0 Å². The van der Waals surface area contributed by atoms with Crippen molar-refractivity contribution in [2.75, 3.05) is 5.32 Å². The number of nitrogens with one attached hydrogen (secondary N) is 1. The summed E-state index contributed by atoms with van der Waals surface area (Å²) in [6.07, 6.45) is 0. The number of benzene rings is 2. The van der Waals surface area contributed by atoms with Crippen LogP contribution in [0.25, 0.3) is 0 Å². The van der Waals surface area contributed by atoms with E-state index in [-0.39, 0.29) is 17.5 Å². The molecule has 0 spiro atoms. The number of anilines is 1. The van der Waals surface area contributed by atoms with Crippen LogP contribution >= 0.6 is 15.9 Å². The predicted octanol–water partition coefficient (Wildman–Crippen LogP) is 4.67. The number of hydrogen-bond acceptors (Lipinski definition) is 3. The van der Waals surface area contributed by atoms with Crippen molar-refractivity contribution >= 4 is 27.3 Å². The monoisotopic (exact) mass is 338 g/mol. The van der Waals surface area contributed by atoms with E-state index in [1.165, 1.54) is 24.3 Å². The van der Waals surface area contributed by atoms with Crippen LogP contribution in [0.2, 0.25) is 0 Å². The summed E-state index contributed by atoms with van der Waals surface area (Å²) in [5.41, 5.74) is 1.53. The van der Waals surface area contributed by atoms with Gasteiger partial charge in [-0.3, -0.25) is 10.1 Å². The zero-order valence-electron chi connectivity index (χ0n) is 10.6. The average molecular weight is 339 g/mol. The van der Waals surface area contributed by atoms with E-state index in [4.69, 9.17) is 0 Å². The van der Waals surface area contributed by atoms with Crippen LogP contribution in [-0.2, 0) is 0 Å². The number of rotatable bonds is 4. The lowest BCUT2D eigenvalue weighted by molar-refractivity contribution is -0.384. The molecule has 1 unspecified atom stereocenters. The largest absolute Gasteiger partial charge is 0.378 e. The van der Waals surface area contributed by atoms with Crippen molar-refractivity contribution < 1.29 is 9.31 Å². The Balaban J connectivity index is 2.19. The standard InChI is InChI=1S/C14H12BrFN2O2/c1-9(10-3-2-4-11(16)7-10)17-14-6-5-12(18(19)20)8-13(14)15/h2-9,17H,1H3. The van der Waals surface area contributed by atoms with Crippen LogP contribution in [0.3, 0.4) is 0 Å². The number of nitrogens with zero attached hydrogens (tertiary/aromatic N) is 1. The molecule has 2 aromatic rings. The molecule has 4 nitrogen and oxygen atoms in total. The van der Waals surface area contributed by atoms with Crippen molar-refractivity contribution in [1.82, 2.24) is 0 Å². The lowest BCUT2D eigenvalue weighted by atomic mass is 10.1. The molecule has 0 amide bonds. The Morgan fingerprint density at radius 1 is 1.30 bits per heavy atom. The molecule has 0 fully saturated rings. The predicted molar refractivity (Wildman–Crippen MR) is 79.2 cm³/mol. The second-order valence-electron chi connectivity index (χ2n) is 4.34. The Kier molecular flexibility index (Phi) is 4.34. The first-order valence-corrected chi connectivity index (χ1v) is 6.72. The van der Waals surface area contributed by atoms with E-state index in [1.54, 1.807) is 12.1 Å². The Morgan fingerprint density at radius 3 is 2.65 bits per heavy atom. The van der Waals surface area contributed by atoms with Gasteiger partial charge in [-0.2, -0.15) is 0 Å². The Hall–Kier alpha value is -1.95. The average Bonchev–Trinajstić information content (AvgIpc) is 2.40. The summed E-state index contributed by atoms with van der Waals surface area (Å²) >= 11 is 3.29. The molecule has 6 heteroatoms. The van der Waals surface area contributed by atoms with Crippen molar-refractivity contribution in [3.63, 3.8) is 0 Å². The van der Waals surface area contributed by atoms with E-state index in [2.05, 4.69) is 21.2 Å². The van der Waals surface area contributed by atoms with Crippen molar-refractivity contribution in [2.24, 2.45) is 0 Å². The van der Waals surface area contributed by atoms with Crippen molar-refractivity contribution in [1.29, 1.82) is 0 Å². The van der Waals surface area contributed by atoms with Crippen LogP contribution in [0.1, 0.15) is 18.5 Å². The molecule has 0 heterocycles. The molecular weight excluding hydrogens is 327 g/mol. The fourth-order valence-electron chi connectivity index (χ4n) is 1.83. The van der Waals surface area contributed by atoms with E-state index in [0.717, 1.165) is 5.56 Å². The molecule has 0 aliphatic rings. The fraction of sp³-hybridized carbons (Fsp3) is 0.143. The summed E-state index contributed by atoms with van der Waals surface area (Å²) < 4.78 is 13.8. The molecule has 1 N–H and O–H groups in total. The SMILES string of the molecule is CC(Nc1ccc([N+](=O)[O-])cc1Br)c1cccc(F)c1. The van der Waals surface area contributed by atoms with Crippen LogP contribution < -0.4 is 5.32 Å². The Morgan fingerprint density at radius 2 is 2.05 bits per heavy atom. The van der Waals surface area contributed by atoms with Gasteiger partial charge in [-0.05, 0) is 46.6 Å². The van der Waals surface area contributed by atoms with Gasteiger partial charge in [0.2, 0.25) is 0 Å². The summed E-state index contributed by atoms with van der Waals surface area (Å²) in [4.78, 5) is 10.2. The topological polar surface area (TPSA) is 55.2 Å². The van der Waals surface area contributed by atoms with Gasteiger partial charge in [0.25, 0.3) is 5.69 Å². The van der Waals surface area contributed by atoms with Gasteiger partial charge in [0.1, 0.15) is 5.82 Å². The molecular formula is C14H12BrFN2O2. The van der Waals surface area contributed by atoms with Gasteiger partial charge in [0, 0.05) is 28.3 Å². The smallest absolute Gasteiger partial charge is 0.270 e. The maximum Gasteiger partial charge on any atom is 0.270 e. The molecule has 20 heavy (non-hydrogen) atoms. The van der Waals surface area contributed by atoms with Gasteiger partial charge in [-0.25, -0.2) is 4.39 Å². The maximum absolute atomic E-state index is 13.2. The number of non-ortho nitro benzene ring substituents is 1. The summed E-state index contributed by atoms with van der Waals surface area (Å²) in [5.74, 6) is -0.293. The molecule has 0 aromatic heterocycles. The van der Waals surface area contributed by atoms with Crippen LogP contribution in [0.15, 0.2) is 46.9 Å². The van der Waals surface area contributed by atoms with Crippen molar-refractivity contribution in [2.45, 2.75) is 13.0 Å². The molecule has 0 saturated heterocycles. The van der Waals surface area contributed by atoms with Gasteiger partial charge in [-0.1, -0.05) is 12.1 Å². The molecule has 104 valence electrons. The summed E-state index contributed by atoms with van der Waals surface area (Å²) in [6, 6.07) is 10.7. The third-order valence-electron chi connectivity index (χ3n) is 2.88. The first-order valence-electron chi connectivity index (χ1n) is 5.93. The molecule has 0 aliphatic carbocycles. The second kappa shape index (κ2) is 6.00. The van der Waals surface area contributed by atoms with Gasteiger partial charge >= 0.3 is 0 Å². The minimum absolute atomic E-state index is 0.0147. The minimum atomic E-state index is -0.454. The highest BCUT2D eigenvalue weighted by Crippen LogP contribution is 2.30. The number of nitro groups is 1. The number of nitro benzene ring substituents is 1. The van der Waals surface area contributed by atoms with Crippen LogP contribution in [-0.4, -0.2) is 4.92 Å². The molecule has 0 aliphatic heterocycles. The van der Waals surface area contributed by atoms with E-state index >= 15 is 0 Å². The first-order chi connectivity index (χ1) is 9.47. The third-order valence-corrected chi connectivity index (χ3v) is 3.54. The molecule has 1 atom stereocenters. The zero-order chi connectivity index (χ0) is 14.7. The molecule has 0 bridgehead atoms. The highest BCUT2D eigenvalue weighted by atomic mass is 79.9. The number of hydrogen-bond donors (Lipinski definition) is 1. The highest BCUT2D eigenvalue weighted by Gasteiger charge is 2.12. The van der Waals surface area contributed by atoms with Crippen LogP contribution in [0, 0.1) is 15.9 Å². The second-order valence-corrected chi connectivity index (χ2v) is 5.20. The highest BCUT2D eigenvalue weighted by molar-refractivity contribution is 9.10. The van der Waals surface area contributed by atoms with Gasteiger partial charge in [0.15, 0.2) is 0 Å². The number of halogens is 2. The third kappa shape index (κ3) is 3.33. The van der Waals surface area contributed by atoms with Gasteiger partial charge < -0.3 is 5.32 Å². The van der Waals surface area contributed by atoms with Crippen LogP contribution in [0.5, 0.6) is 0 Å². The molecule has 0 saturated carbocycles. The minimum Gasteiger partial charge on any atom is -0.378 e. The Labute approximate surface area is 123 Å². The van der Waals surface area contributed by atoms with E-state index in [9.17, 15) is 14.5 Å². The fourth-order valence-corrected chi connectivity index (χ4v) is 2.31. The molecule has 2 rings (SSSR count). The summed E-state index contributed by atoms with van der Waals surface area (Å²) in [5, 5.41) is 13.9. The van der Waals surface area contributed by atoms with Crippen LogP contribution in [0.4, 0.5) is 15.8 Å². The van der Waals surface area contributed by atoms with Gasteiger partial charge in [0.05, 0.1) is 4.92 Å². The Bertz CT molecular complexity index is 649. The lowest BCUT2D eigenvalue weighted by Gasteiger charge is -2.16. The maximum atomic E-state index is 13.2. The normalized spacial score (nSPS) is 11.9. The van der Waals surface area contributed by atoms with Gasteiger partial charge in [-0.15, -0.1) is 0 Å². The van der Waals surface area contributed by atoms with E-state index in [0.29, 0.717) is 10.2 Å². The van der Waals surface area contributed by atoms with Crippen molar-refractivity contribution in [3.05, 3.63) is 68.4 Å².